The molecule has 0 spiro atoms. The van der Waals surface area contributed by atoms with E-state index < -0.39 is 22.3 Å². The number of thiophene rings is 1. The standard InChI is InChI=1S/C21H23FN4O5S2/c1-4-31-9-5-8-25-20(28)18-12(2)13(3)33-19(18)24-21(25)32-11-17(27)23-14-6-7-15(22)16(10-14)26(29)30/h6-7,10H,4-5,8-9,11H2,1-3H3,(H,23,27). The van der Waals surface area contributed by atoms with E-state index in [1.807, 2.05) is 20.8 Å². The average molecular weight is 495 g/mol. The lowest BCUT2D eigenvalue weighted by Gasteiger charge is -2.12. The molecule has 1 N–H and O–H groups in total. The van der Waals surface area contributed by atoms with Crippen molar-refractivity contribution in [3.8, 4) is 0 Å². The van der Waals surface area contributed by atoms with Gasteiger partial charge in [-0.25, -0.2) is 4.98 Å². The summed E-state index contributed by atoms with van der Waals surface area (Å²) in [6.07, 6.45) is 0.613. The first kappa shape index (κ1) is 24.8. The van der Waals surface area contributed by atoms with Gasteiger partial charge in [-0.1, -0.05) is 11.8 Å². The normalized spacial score (nSPS) is 11.2. The summed E-state index contributed by atoms with van der Waals surface area (Å²) in [5.41, 5.74) is 0.128. The number of nitro benzene ring substituents is 1. The smallest absolute Gasteiger partial charge is 0.306 e. The third-order valence-corrected chi connectivity index (χ3v) is 6.96. The van der Waals surface area contributed by atoms with Crippen LogP contribution in [0.15, 0.2) is 28.2 Å². The SMILES string of the molecule is CCOCCCn1c(SCC(=O)Nc2ccc(F)c([N+](=O)[O-])c2)nc2sc(C)c(C)c2c1=O. The molecule has 0 aliphatic carbocycles. The number of carbonyl (C=O) groups is 1. The lowest BCUT2D eigenvalue weighted by Crippen LogP contribution is -2.25. The van der Waals surface area contributed by atoms with E-state index in [9.17, 15) is 24.1 Å². The molecule has 3 aromatic rings. The Hall–Kier alpha value is -2.83. The Balaban J connectivity index is 1.81. The van der Waals surface area contributed by atoms with E-state index in [0.29, 0.717) is 41.6 Å². The van der Waals surface area contributed by atoms with Gasteiger partial charge in [-0.3, -0.25) is 24.3 Å². The van der Waals surface area contributed by atoms with Crippen molar-refractivity contribution >= 4 is 50.6 Å². The van der Waals surface area contributed by atoms with Gasteiger partial charge < -0.3 is 10.1 Å². The predicted molar refractivity (Wildman–Crippen MR) is 127 cm³/mol. The van der Waals surface area contributed by atoms with Crippen molar-refractivity contribution in [3.63, 3.8) is 0 Å². The second-order valence-electron chi connectivity index (χ2n) is 7.13. The first-order valence-electron chi connectivity index (χ1n) is 10.2. The molecule has 176 valence electrons. The molecule has 0 aliphatic rings. The van der Waals surface area contributed by atoms with Crippen LogP contribution in [0.1, 0.15) is 23.8 Å². The van der Waals surface area contributed by atoms with E-state index in [-0.39, 0.29) is 17.0 Å². The molecule has 2 aromatic heterocycles. The van der Waals surface area contributed by atoms with Crippen LogP contribution in [0.2, 0.25) is 0 Å². The number of amides is 1. The summed E-state index contributed by atoms with van der Waals surface area (Å²) in [6.45, 7) is 7.19. The lowest BCUT2D eigenvalue weighted by atomic mass is 10.2. The van der Waals surface area contributed by atoms with Crippen molar-refractivity contribution in [2.75, 3.05) is 24.3 Å². The number of ether oxygens (including phenoxy) is 1. The number of hydrogen-bond donors (Lipinski definition) is 1. The Morgan fingerprint density at radius 1 is 1.39 bits per heavy atom. The quantitative estimate of drug-likeness (QED) is 0.147. The highest BCUT2D eigenvalue weighted by Crippen LogP contribution is 2.29. The van der Waals surface area contributed by atoms with E-state index in [4.69, 9.17) is 4.74 Å². The van der Waals surface area contributed by atoms with Crippen LogP contribution in [0.3, 0.4) is 0 Å². The van der Waals surface area contributed by atoms with E-state index >= 15 is 0 Å². The topological polar surface area (TPSA) is 116 Å². The number of rotatable bonds is 10. The predicted octanol–water partition coefficient (Wildman–Crippen LogP) is 4.28. The van der Waals surface area contributed by atoms with Crippen molar-refractivity contribution in [3.05, 3.63) is 54.9 Å². The second-order valence-corrected chi connectivity index (χ2v) is 9.27. The summed E-state index contributed by atoms with van der Waals surface area (Å²) < 4.78 is 20.4. The van der Waals surface area contributed by atoms with Gasteiger partial charge in [-0.15, -0.1) is 11.3 Å². The van der Waals surface area contributed by atoms with Gasteiger partial charge >= 0.3 is 5.69 Å². The molecule has 0 aliphatic heterocycles. The Kier molecular flexibility index (Phi) is 8.16. The zero-order valence-corrected chi connectivity index (χ0v) is 20.0. The zero-order valence-electron chi connectivity index (χ0n) is 18.3. The van der Waals surface area contributed by atoms with Crippen molar-refractivity contribution in [1.29, 1.82) is 0 Å². The van der Waals surface area contributed by atoms with Gasteiger partial charge in [-0.05, 0) is 44.9 Å². The maximum absolute atomic E-state index is 13.5. The molecule has 0 saturated carbocycles. The fourth-order valence-electron chi connectivity index (χ4n) is 3.14. The van der Waals surface area contributed by atoms with E-state index in [1.54, 1.807) is 4.57 Å². The molecule has 12 heteroatoms. The van der Waals surface area contributed by atoms with Crippen molar-refractivity contribution < 1.29 is 18.8 Å². The van der Waals surface area contributed by atoms with Crippen LogP contribution in [0.4, 0.5) is 15.8 Å². The number of aryl methyl sites for hydroxylation is 2. The molecular formula is C21H23FN4O5S2. The van der Waals surface area contributed by atoms with Gasteiger partial charge in [0.05, 0.1) is 16.1 Å². The summed E-state index contributed by atoms with van der Waals surface area (Å²) >= 11 is 2.52. The van der Waals surface area contributed by atoms with Gasteiger partial charge in [0.25, 0.3) is 5.56 Å². The minimum Gasteiger partial charge on any atom is -0.382 e. The van der Waals surface area contributed by atoms with Crippen LogP contribution in [0.25, 0.3) is 10.2 Å². The highest BCUT2D eigenvalue weighted by atomic mass is 32.2. The average Bonchev–Trinajstić information content (AvgIpc) is 3.05. The number of hydrogen-bond acceptors (Lipinski definition) is 8. The van der Waals surface area contributed by atoms with Gasteiger partial charge in [-0.2, -0.15) is 4.39 Å². The summed E-state index contributed by atoms with van der Waals surface area (Å²) in [6, 6.07) is 3.13. The van der Waals surface area contributed by atoms with Crippen LogP contribution in [-0.4, -0.2) is 39.3 Å². The van der Waals surface area contributed by atoms with Gasteiger partial charge in [0.15, 0.2) is 5.16 Å². The summed E-state index contributed by atoms with van der Waals surface area (Å²) in [4.78, 5) is 41.9. The van der Waals surface area contributed by atoms with E-state index in [0.717, 1.165) is 34.3 Å². The molecule has 0 fully saturated rings. The molecule has 0 saturated heterocycles. The summed E-state index contributed by atoms with van der Waals surface area (Å²) in [5.74, 6) is -1.53. The van der Waals surface area contributed by atoms with Crippen LogP contribution in [0, 0.1) is 29.8 Å². The third-order valence-electron chi connectivity index (χ3n) is 4.89. The number of anilines is 1. The third kappa shape index (κ3) is 5.75. The highest BCUT2D eigenvalue weighted by molar-refractivity contribution is 7.99. The number of aromatic nitrogens is 2. The number of thioether (sulfide) groups is 1. The van der Waals surface area contributed by atoms with E-state index in [1.165, 1.54) is 17.4 Å². The molecule has 0 radical (unpaired) electrons. The van der Waals surface area contributed by atoms with Crippen LogP contribution < -0.4 is 10.9 Å². The number of nitro groups is 1. The molecule has 33 heavy (non-hydrogen) atoms. The van der Waals surface area contributed by atoms with Gasteiger partial charge in [0.1, 0.15) is 4.83 Å². The van der Waals surface area contributed by atoms with Crippen molar-refractivity contribution in [2.24, 2.45) is 0 Å². The number of halogens is 1. The largest absolute Gasteiger partial charge is 0.382 e. The minimum atomic E-state index is -0.984. The molecular weight excluding hydrogens is 471 g/mol. The lowest BCUT2D eigenvalue weighted by molar-refractivity contribution is -0.387. The van der Waals surface area contributed by atoms with Crippen LogP contribution in [-0.2, 0) is 16.1 Å². The molecule has 1 amide bonds. The molecule has 2 heterocycles. The summed E-state index contributed by atoms with van der Waals surface area (Å²) in [7, 11) is 0. The van der Waals surface area contributed by atoms with Gasteiger partial charge in [0.2, 0.25) is 11.7 Å². The second kappa shape index (κ2) is 10.9. The summed E-state index contributed by atoms with van der Waals surface area (Å²) in [5, 5.41) is 14.4. The van der Waals surface area contributed by atoms with E-state index in [2.05, 4.69) is 10.3 Å². The number of carbonyl (C=O) groups excluding carboxylic acids is 1. The van der Waals surface area contributed by atoms with Crippen molar-refractivity contribution in [2.45, 2.75) is 38.9 Å². The maximum Gasteiger partial charge on any atom is 0.306 e. The molecule has 3 rings (SSSR count). The molecule has 0 unspecified atom stereocenters. The molecule has 0 atom stereocenters. The Labute approximate surface area is 197 Å². The number of fused-ring (bicyclic) bond motifs is 1. The molecule has 9 nitrogen and oxygen atoms in total. The molecule has 0 bridgehead atoms. The highest BCUT2D eigenvalue weighted by Gasteiger charge is 2.19. The Morgan fingerprint density at radius 3 is 2.85 bits per heavy atom. The first-order valence-corrected chi connectivity index (χ1v) is 12.0. The zero-order chi connectivity index (χ0) is 24.1. The fraction of sp³-hybridized carbons (Fsp3) is 0.381. The minimum absolute atomic E-state index is 0.0854. The van der Waals surface area contributed by atoms with Crippen LogP contribution >= 0.6 is 23.1 Å². The first-order chi connectivity index (χ1) is 15.7. The molecule has 1 aromatic carbocycles. The number of nitrogens with one attached hydrogen (secondary N) is 1. The number of benzene rings is 1. The number of nitrogens with zero attached hydrogens (tertiary/aromatic N) is 3. The maximum atomic E-state index is 13.5. The Bertz CT molecular complexity index is 1260. The van der Waals surface area contributed by atoms with Crippen LogP contribution in [0.5, 0.6) is 0 Å². The van der Waals surface area contributed by atoms with Crippen molar-refractivity contribution in [1.82, 2.24) is 9.55 Å². The fourth-order valence-corrected chi connectivity index (χ4v) is 5.04. The monoisotopic (exact) mass is 494 g/mol. The van der Waals surface area contributed by atoms with Gasteiger partial charge in [0, 0.05) is 36.4 Å². The Morgan fingerprint density at radius 2 is 2.15 bits per heavy atom.